The molecule has 120 valence electrons. The standard InChI is InChI=1S/C14H27N5O2/c15-14(18-11-13(20)17-10-12-2-3-12)16-4-1-5-19-6-8-21-9-7-19/h12H,1-11H2,(H,17,20)(H3,15,16,18). The van der Waals surface area contributed by atoms with Crippen LogP contribution in [0.3, 0.4) is 0 Å². The van der Waals surface area contributed by atoms with Crippen molar-refractivity contribution in [3.05, 3.63) is 0 Å². The molecule has 2 rings (SSSR count). The smallest absolute Gasteiger partial charge is 0.241 e. The Morgan fingerprint density at radius 1 is 1.29 bits per heavy atom. The van der Waals surface area contributed by atoms with Crippen molar-refractivity contribution in [2.75, 3.05) is 52.5 Å². The van der Waals surface area contributed by atoms with E-state index in [9.17, 15) is 4.79 Å². The molecule has 2 aliphatic rings. The van der Waals surface area contributed by atoms with E-state index >= 15 is 0 Å². The number of nitrogens with zero attached hydrogens (tertiary/aromatic N) is 2. The topological polar surface area (TPSA) is 92.0 Å². The number of carbonyl (C=O) groups is 1. The molecule has 7 nitrogen and oxygen atoms in total. The van der Waals surface area contributed by atoms with Gasteiger partial charge in [-0.2, -0.15) is 0 Å². The summed E-state index contributed by atoms with van der Waals surface area (Å²) in [5.41, 5.74) is 5.73. The number of aliphatic imine (C=N–C) groups is 1. The van der Waals surface area contributed by atoms with Gasteiger partial charge in [-0.05, 0) is 31.7 Å². The first-order valence-corrected chi connectivity index (χ1v) is 7.84. The molecule has 1 saturated heterocycles. The maximum absolute atomic E-state index is 11.5. The fourth-order valence-corrected chi connectivity index (χ4v) is 2.19. The van der Waals surface area contributed by atoms with Crippen molar-refractivity contribution in [1.29, 1.82) is 0 Å². The van der Waals surface area contributed by atoms with Gasteiger partial charge in [0.05, 0.1) is 13.2 Å². The van der Waals surface area contributed by atoms with Crippen molar-refractivity contribution in [2.24, 2.45) is 16.6 Å². The van der Waals surface area contributed by atoms with Crippen LogP contribution in [-0.2, 0) is 9.53 Å². The van der Waals surface area contributed by atoms with Gasteiger partial charge in [-0.1, -0.05) is 0 Å². The highest BCUT2D eigenvalue weighted by atomic mass is 16.5. The number of hydrogen-bond donors (Lipinski definition) is 3. The van der Waals surface area contributed by atoms with Crippen molar-refractivity contribution >= 4 is 11.9 Å². The van der Waals surface area contributed by atoms with Crippen LogP contribution in [0, 0.1) is 5.92 Å². The van der Waals surface area contributed by atoms with Crippen LogP contribution in [0.2, 0.25) is 0 Å². The number of hydrogen-bond acceptors (Lipinski definition) is 4. The quantitative estimate of drug-likeness (QED) is 0.308. The summed E-state index contributed by atoms with van der Waals surface area (Å²) in [7, 11) is 0. The molecule has 0 aromatic rings. The second-order valence-corrected chi connectivity index (χ2v) is 5.68. The zero-order valence-corrected chi connectivity index (χ0v) is 12.6. The van der Waals surface area contributed by atoms with Gasteiger partial charge in [0.1, 0.15) is 6.54 Å². The van der Waals surface area contributed by atoms with E-state index in [1.807, 2.05) is 0 Å². The Hall–Kier alpha value is -1.34. The Morgan fingerprint density at radius 3 is 2.76 bits per heavy atom. The molecule has 4 N–H and O–H groups in total. The third-order valence-electron chi connectivity index (χ3n) is 3.74. The van der Waals surface area contributed by atoms with Crippen molar-refractivity contribution in [3.63, 3.8) is 0 Å². The molecule has 0 aromatic heterocycles. The van der Waals surface area contributed by atoms with Crippen LogP contribution < -0.4 is 16.4 Å². The lowest BCUT2D eigenvalue weighted by atomic mass is 10.3. The third-order valence-corrected chi connectivity index (χ3v) is 3.74. The van der Waals surface area contributed by atoms with Gasteiger partial charge in [0.25, 0.3) is 0 Å². The molecule has 0 atom stereocenters. The Balaban J connectivity index is 1.48. The monoisotopic (exact) mass is 297 g/mol. The minimum atomic E-state index is -0.0556. The van der Waals surface area contributed by atoms with Crippen molar-refractivity contribution < 1.29 is 9.53 Å². The molecule has 1 amide bonds. The zero-order valence-electron chi connectivity index (χ0n) is 12.6. The van der Waals surface area contributed by atoms with Gasteiger partial charge in [-0.3, -0.25) is 9.69 Å². The predicted molar refractivity (Wildman–Crippen MR) is 82.1 cm³/mol. The second-order valence-electron chi connectivity index (χ2n) is 5.68. The number of morpholine rings is 1. The Morgan fingerprint density at radius 2 is 2.05 bits per heavy atom. The zero-order chi connectivity index (χ0) is 14.9. The van der Waals surface area contributed by atoms with Crippen LogP contribution in [0.5, 0.6) is 0 Å². The van der Waals surface area contributed by atoms with E-state index in [0.29, 0.717) is 11.9 Å². The van der Waals surface area contributed by atoms with Gasteiger partial charge in [-0.25, -0.2) is 4.99 Å². The number of guanidine groups is 1. The molecule has 2 fully saturated rings. The molecule has 0 aromatic carbocycles. The van der Waals surface area contributed by atoms with E-state index < -0.39 is 0 Å². The fourth-order valence-electron chi connectivity index (χ4n) is 2.19. The molecule has 1 aliphatic heterocycles. The Labute approximate surface area is 126 Å². The summed E-state index contributed by atoms with van der Waals surface area (Å²) in [4.78, 5) is 17.9. The maximum Gasteiger partial charge on any atom is 0.241 e. The first-order chi connectivity index (χ1) is 10.2. The molecule has 7 heteroatoms. The summed E-state index contributed by atoms with van der Waals surface area (Å²) < 4.78 is 5.30. The molecule has 0 radical (unpaired) electrons. The van der Waals surface area contributed by atoms with E-state index in [1.165, 1.54) is 12.8 Å². The lowest BCUT2D eigenvalue weighted by Crippen LogP contribution is -2.39. The molecule has 21 heavy (non-hydrogen) atoms. The molecule has 1 aliphatic carbocycles. The lowest BCUT2D eigenvalue weighted by Gasteiger charge is -2.26. The highest BCUT2D eigenvalue weighted by Crippen LogP contribution is 2.27. The van der Waals surface area contributed by atoms with Crippen molar-refractivity contribution in [3.8, 4) is 0 Å². The molecule has 0 spiro atoms. The summed E-state index contributed by atoms with van der Waals surface area (Å²) in [6, 6.07) is 0. The summed E-state index contributed by atoms with van der Waals surface area (Å²) in [6.07, 6.45) is 3.47. The largest absolute Gasteiger partial charge is 0.379 e. The van der Waals surface area contributed by atoms with Gasteiger partial charge >= 0.3 is 0 Å². The molecular weight excluding hydrogens is 270 g/mol. The molecule has 1 heterocycles. The highest BCUT2D eigenvalue weighted by molar-refractivity contribution is 5.83. The average Bonchev–Trinajstić information content (AvgIpc) is 3.33. The van der Waals surface area contributed by atoms with Gasteiger partial charge in [0, 0.05) is 26.2 Å². The summed E-state index contributed by atoms with van der Waals surface area (Å²) >= 11 is 0. The van der Waals surface area contributed by atoms with E-state index in [1.54, 1.807) is 0 Å². The second kappa shape index (κ2) is 8.84. The Kier molecular flexibility index (Phi) is 6.75. The Bertz CT molecular complexity index is 351. The third kappa shape index (κ3) is 7.29. The van der Waals surface area contributed by atoms with Crippen molar-refractivity contribution in [1.82, 2.24) is 15.5 Å². The van der Waals surface area contributed by atoms with E-state index in [2.05, 4.69) is 20.5 Å². The van der Waals surface area contributed by atoms with Crippen LogP contribution in [0.15, 0.2) is 4.99 Å². The molecule has 0 bridgehead atoms. The SMILES string of the molecule is NC(=NCC(=O)NCC1CC1)NCCCN1CCOCC1. The number of amides is 1. The number of ether oxygens (including phenoxy) is 1. The van der Waals surface area contributed by atoms with Crippen LogP contribution in [0.1, 0.15) is 19.3 Å². The molecular formula is C14H27N5O2. The van der Waals surface area contributed by atoms with Gasteiger partial charge in [-0.15, -0.1) is 0 Å². The van der Waals surface area contributed by atoms with E-state index in [-0.39, 0.29) is 12.5 Å². The molecule has 1 saturated carbocycles. The number of rotatable bonds is 8. The summed E-state index contributed by atoms with van der Waals surface area (Å²) in [6.45, 7) is 6.35. The van der Waals surface area contributed by atoms with Gasteiger partial charge in [0.2, 0.25) is 5.91 Å². The van der Waals surface area contributed by atoms with Crippen LogP contribution >= 0.6 is 0 Å². The summed E-state index contributed by atoms with van der Waals surface area (Å²) in [5.74, 6) is 0.979. The maximum atomic E-state index is 11.5. The average molecular weight is 297 g/mol. The normalized spacial score (nSPS) is 20.3. The van der Waals surface area contributed by atoms with Gasteiger partial charge < -0.3 is 21.1 Å². The number of carbonyl (C=O) groups excluding carboxylic acids is 1. The minimum absolute atomic E-state index is 0.0556. The van der Waals surface area contributed by atoms with E-state index in [4.69, 9.17) is 10.5 Å². The van der Waals surface area contributed by atoms with Crippen LogP contribution in [-0.4, -0.2) is 69.2 Å². The highest BCUT2D eigenvalue weighted by Gasteiger charge is 2.21. The lowest BCUT2D eigenvalue weighted by molar-refractivity contribution is -0.119. The first kappa shape index (κ1) is 16.0. The first-order valence-electron chi connectivity index (χ1n) is 7.84. The predicted octanol–water partition coefficient (Wildman–Crippen LogP) is -0.861. The van der Waals surface area contributed by atoms with Crippen LogP contribution in [0.4, 0.5) is 0 Å². The van der Waals surface area contributed by atoms with E-state index in [0.717, 1.165) is 52.4 Å². The minimum Gasteiger partial charge on any atom is -0.379 e. The molecule has 0 unspecified atom stereocenters. The summed E-state index contributed by atoms with van der Waals surface area (Å²) in [5, 5.41) is 5.91. The van der Waals surface area contributed by atoms with Crippen molar-refractivity contribution in [2.45, 2.75) is 19.3 Å². The fraction of sp³-hybridized carbons (Fsp3) is 0.857. The van der Waals surface area contributed by atoms with Crippen LogP contribution in [0.25, 0.3) is 0 Å². The van der Waals surface area contributed by atoms with Gasteiger partial charge in [0.15, 0.2) is 5.96 Å². The number of nitrogens with two attached hydrogens (primary N) is 1. The number of nitrogens with one attached hydrogen (secondary N) is 2.